The van der Waals surface area contributed by atoms with Gasteiger partial charge >= 0.3 is 5.97 Å². The van der Waals surface area contributed by atoms with Crippen molar-refractivity contribution in [1.29, 1.82) is 0 Å². The van der Waals surface area contributed by atoms with E-state index in [4.69, 9.17) is 20.1 Å². The second-order valence-corrected chi connectivity index (χ2v) is 13.6. The molecular weight excluding hydrogens is 734 g/mol. The predicted molar refractivity (Wildman–Crippen MR) is 211 cm³/mol. The lowest BCUT2D eigenvalue weighted by molar-refractivity contribution is -0.635. The summed E-state index contributed by atoms with van der Waals surface area (Å²) < 4.78 is 5.65. The quantitative estimate of drug-likeness (QED) is 0.0681. The lowest BCUT2D eigenvalue weighted by Gasteiger charge is -2.25. The number of carboxylic acids is 1. The lowest BCUT2D eigenvalue weighted by atomic mass is 10.0. The maximum atomic E-state index is 13.0. The smallest absolute Gasteiger partial charge is 0.335 e. The zero-order valence-corrected chi connectivity index (χ0v) is 32.1. The van der Waals surface area contributed by atoms with Gasteiger partial charge in [0.2, 0.25) is 12.3 Å². The molecule has 0 saturated heterocycles. The van der Waals surface area contributed by atoms with E-state index in [2.05, 4.69) is 5.32 Å². The van der Waals surface area contributed by atoms with E-state index in [1.807, 2.05) is 84.9 Å². The number of amides is 2. The fourth-order valence-corrected chi connectivity index (χ4v) is 6.11. The highest BCUT2D eigenvalue weighted by atomic mass is 16.5. The van der Waals surface area contributed by atoms with Crippen LogP contribution in [0.4, 0.5) is 5.69 Å². The highest BCUT2D eigenvalue weighted by molar-refractivity contribution is 5.97. The molecule has 57 heavy (non-hydrogen) atoms. The molecular formula is C43H55N3O11. The van der Waals surface area contributed by atoms with Crippen LogP contribution in [0.2, 0.25) is 0 Å². The SMILES string of the molecule is C[NH2+]C[C@H](O)[C@@H](O)[C@H](O)[C@H](O)CO.O=C(O)c1cc(N(Cc2ccccc2)C(=O)CCC2CCCC2)ccc1[O-].O=CNCc1ccc(Oc2ccccc2)cc1. The van der Waals surface area contributed by atoms with Crippen LogP contribution < -0.4 is 25.4 Å². The number of carbonyl (C=O) groups excluding carboxylic acids is 2. The number of aromatic carboxylic acids is 1. The number of aliphatic hydroxyl groups is 5. The van der Waals surface area contributed by atoms with Crippen LogP contribution in [0.1, 0.15) is 60.0 Å². The summed E-state index contributed by atoms with van der Waals surface area (Å²) in [6.45, 7) is 0.452. The topological polar surface area (TPSA) is 237 Å². The average Bonchev–Trinajstić information content (AvgIpc) is 3.76. The van der Waals surface area contributed by atoms with Gasteiger partial charge in [0.25, 0.3) is 0 Å². The van der Waals surface area contributed by atoms with Crippen molar-refractivity contribution in [1.82, 2.24) is 5.32 Å². The Morgan fingerprint density at radius 1 is 0.860 bits per heavy atom. The third-order valence-electron chi connectivity index (χ3n) is 9.33. The van der Waals surface area contributed by atoms with Crippen molar-refractivity contribution in [3.8, 4) is 17.2 Å². The number of benzene rings is 4. The van der Waals surface area contributed by atoms with Crippen molar-refractivity contribution in [2.24, 2.45) is 5.92 Å². The Balaban J connectivity index is 0.000000249. The minimum absolute atomic E-state index is 0.0410. The number of hydrogen-bond donors (Lipinski definition) is 8. The molecule has 0 radical (unpaired) electrons. The van der Waals surface area contributed by atoms with Crippen LogP contribution in [0.5, 0.6) is 17.2 Å². The van der Waals surface area contributed by atoms with Crippen molar-refractivity contribution in [2.45, 2.75) is 76.0 Å². The molecule has 4 aromatic rings. The molecule has 0 heterocycles. The third kappa shape index (κ3) is 16.0. The zero-order valence-electron chi connectivity index (χ0n) is 32.1. The van der Waals surface area contributed by atoms with Crippen LogP contribution in [0.3, 0.4) is 0 Å². The lowest BCUT2D eigenvalue weighted by Crippen LogP contribution is -2.83. The van der Waals surface area contributed by atoms with E-state index >= 15 is 0 Å². The summed E-state index contributed by atoms with van der Waals surface area (Å²) in [7, 11) is 1.70. The van der Waals surface area contributed by atoms with Gasteiger partial charge in [0.15, 0.2) is 0 Å². The molecule has 0 unspecified atom stereocenters. The predicted octanol–water partition coefficient (Wildman–Crippen LogP) is 2.30. The van der Waals surface area contributed by atoms with Gasteiger partial charge in [0.05, 0.1) is 25.8 Å². The molecule has 1 aliphatic carbocycles. The van der Waals surface area contributed by atoms with Crippen molar-refractivity contribution in [3.05, 3.63) is 120 Å². The fourth-order valence-electron chi connectivity index (χ4n) is 6.11. The minimum Gasteiger partial charge on any atom is -0.872 e. The number of nitrogens with zero attached hydrogens (tertiary/aromatic N) is 1. The summed E-state index contributed by atoms with van der Waals surface area (Å²) in [5.41, 5.74) is 2.13. The molecule has 0 aliphatic heterocycles. The molecule has 14 nitrogen and oxygen atoms in total. The van der Waals surface area contributed by atoms with E-state index in [1.165, 1.54) is 43.9 Å². The summed E-state index contributed by atoms with van der Waals surface area (Å²) in [6.07, 6.45) is 1.28. The highest BCUT2D eigenvalue weighted by Crippen LogP contribution is 2.30. The van der Waals surface area contributed by atoms with Crippen molar-refractivity contribution in [2.75, 3.05) is 25.1 Å². The third-order valence-corrected chi connectivity index (χ3v) is 9.33. The van der Waals surface area contributed by atoms with E-state index in [1.54, 1.807) is 17.3 Å². The second kappa shape index (κ2) is 25.0. The van der Waals surface area contributed by atoms with Crippen LogP contribution in [0.25, 0.3) is 0 Å². The van der Waals surface area contributed by atoms with Gasteiger partial charge in [-0.2, -0.15) is 0 Å². The number of carboxylic acid groups (broad SMARTS) is 1. The molecule has 1 saturated carbocycles. The van der Waals surface area contributed by atoms with Gasteiger partial charge in [-0.3, -0.25) is 9.59 Å². The number of ether oxygens (including phenoxy) is 1. The van der Waals surface area contributed by atoms with Crippen LogP contribution in [-0.2, 0) is 22.7 Å². The first-order chi connectivity index (χ1) is 27.5. The van der Waals surface area contributed by atoms with E-state index < -0.39 is 42.7 Å². The summed E-state index contributed by atoms with van der Waals surface area (Å²) in [5.74, 6) is 0.327. The van der Waals surface area contributed by atoms with E-state index in [0.717, 1.165) is 29.0 Å². The Kier molecular flexibility index (Phi) is 20.2. The molecule has 9 N–H and O–H groups in total. The zero-order chi connectivity index (χ0) is 41.6. The molecule has 4 atom stereocenters. The molecule has 0 bridgehead atoms. The number of nitrogens with two attached hydrogens (primary N) is 1. The Morgan fingerprint density at radius 3 is 2.04 bits per heavy atom. The Labute approximate surface area is 333 Å². The average molecular weight is 790 g/mol. The van der Waals surface area contributed by atoms with Crippen LogP contribution in [0, 0.1) is 5.92 Å². The molecule has 4 aromatic carbocycles. The number of anilines is 1. The van der Waals surface area contributed by atoms with Gasteiger partial charge in [-0.1, -0.05) is 98.2 Å². The molecule has 0 aromatic heterocycles. The Hall–Kier alpha value is -5.35. The minimum atomic E-state index is -1.53. The van der Waals surface area contributed by atoms with E-state index in [-0.39, 0.29) is 18.0 Å². The number of aliphatic hydroxyl groups excluding tert-OH is 5. The van der Waals surface area contributed by atoms with Gasteiger partial charge in [0.1, 0.15) is 42.5 Å². The van der Waals surface area contributed by atoms with Gasteiger partial charge < -0.3 is 56.0 Å². The maximum absolute atomic E-state index is 13.0. The summed E-state index contributed by atoms with van der Waals surface area (Å²) in [4.78, 5) is 36.0. The molecule has 2 amide bonds. The molecule has 14 heteroatoms. The van der Waals surface area contributed by atoms with Crippen molar-refractivity contribution in [3.63, 3.8) is 0 Å². The molecule has 0 spiro atoms. The Bertz CT molecular complexity index is 1760. The number of hydrogen-bond acceptors (Lipinski definition) is 10. The molecule has 5 rings (SSSR count). The van der Waals surface area contributed by atoms with Gasteiger partial charge in [-0.25, -0.2) is 4.79 Å². The number of quaternary nitrogens is 1. The summed E-state index contributed by atoms with van der Waals surface area (Å²) in [5, 5.41) is 70.2. The number of rotatable bonds is 18. The number of para-hydroxylation sites is 1. The summed E-state index contributed by atoms with van der Waals surface area (Å²) >= 11 is 0. The number of nitrogens with one attached hydrogen (secondary N) is 1. The Morgan fingerprint density at radius 2 is 1.46 bits per heavy atom. The first-order valence-corrected chi connectivity index (χ1v) is 19.0. The molecule has 308 valence electrons. The highest BCUT2D eigenvalue weighted by Gasteiger charge is 2.30. The van der Waals surface area contributed by atoms with Gasteiger partial charge in [-0.05, 0) is 59.9 Å². The van der Waals surface area contributed by atoms with Gasteiger partial charge in [0, 0.05) is 18.7 Å². The van der Waals surface area contributed by atoms with Crippen molar-refractivity contribution < 1.29 is 60.2 Å². The summed E-state index contributed by atoms with van der Waals surface area (Å²) in [6, 6.07) is 30.9. The first kappa shape index (κ1) is 46.0. The van der Waals surface area contributed by atoms with Crippen LogP contribution in [0.15, 0.2) is 103 Å². The molecule has 1 fully saturated rings. The standard InChI is InChI=1S/C22H25NO4.C14H13NO2.C7H17NO5/c24-20-12-11-18(14-19(20)22(26)27)23(15-17-8-2-1-3-9-17)21(25)13-10-16-6-4-5-7-16;16-11-15-10-12-6-8-14(9-7-12)17-13-4-2-1-3-5-13;1-8-2-4(10)6(12)7(13)5(11)3-9/h1-3,8-9,11-12,14,16,24H,4-7,10,13,15H2,(H,26,27);1-9,11H,10H2,(H,15,16);4-13H,2-3H2,1H3/t;;4-,5+,6+,7+/m..0/s1. The number of likely N-dealkylation sites (N-methyl/N-ethyl adjacent to an activating group) is 1. The van der Waals surface area contributed by atoms with Crippen molar-refractivity contribution >= 4 is 24.0 Å². The second-order valence-electron chi connectivity index (χ2n) is 13.6. The number of carbonyl (C=O) groups is 3. The van der Waals surface area contributed by atoms with Crippen LogP contribution in [-0.4, -0.2) is 93.5 Å². The fraction of sp³-hybridized carbons (Fsp3) is 0.372. The molecule has 1 aliphatic rings. The normalized spacial score (nSPS) is 14.4. The van der Waals surface area contributed by atoms with E-state index in [0.29, 0.717) is 37.5 Å². The van der Waals surface area contributed by atoms with E-state index in [9.17, 15) is 34.8 Å². The van der Waals surface area contributed by atoms with Crippen LogP contribution >= 0.6 is 0 Å². The van der Waals surface area contributed by atoms with Gasteiger partial charge in [-0.15, -0.1) is 0 Å². The monoisotopic (exact) mass is 789 g/mol. The maximum Gasteiger partial charge on any atom is 0.335 e. The largest absolute Gasteiger partial charge is 0.872 e. The first-order valence-electron chi connectivity index (χ1n) is 19.0.